The number of hydrogen-bond acceptors (Lipinski definition) is 4. The molecule has 0 aliphatic carbocycles. The minimum atomic E-state index is -0.764. The Morgan fingerprint density at radius 1 is 1.41 bits per heavy atom. The first-order valence-electron chi connectivity index (χ1n) is 5.77. The van der Waals surface area contributed by atoms with Crippen molar-refractivity contribution in [3.05, 3.63) is 0 Å². The van der Waals surface area contributed by atoms with Crippen LogP contribution in [0, 0.1) is 5.92 Å². The van der Waals surface area contributed by atoms with Crippen molar-refractivity contribution < 1.29 is 19.8 Å². The number of carboxylic acids is 1. The molecule has 0 aromatic rings. The highest BCUT2D eigenvalue weighted by Gasteiger charge is 2.26. The van der Waals surface area contributed by atoms with Crippen molar-refractivity contribution in [1.82, 2.24) is 4.90 Å². The van der Waals surface area contributed by atoms with Gasteiger partial charge >= 0.3 is 5.97 Å². The number of aliphatic hydroxyl groups excluding tert-OH is 1. The number of nitrogens with zero attached hydrogens (tertiary/aromatic N) is 1. The first-order chi connectivity index (χ1) is 8.04. The lowest BCUT2D eigenvalue weighted by Crippen LogP contribution is -2.41. The molecule has 0 aromatic heterocycles. The first-order valence-corrected chi connectivity index (χ1v) is 6.82. The Kier molecular flexibility index (Phi) is 5.77. The van der Waals surface area contributed by atoms with E-state index in [0.29, 0.717) is 31.7 Å². The van der Waals surface area contributed by atoms with E-state index in [4.69, 9.17) is 10.2 Å². The van der Waals surface area contributed by atoms with Gasteiger partial charge in [0.2, 0.25) is 5.91 Å². The summed E-state index contributed by atoms with van der Waals surface area (Å²) in [6, 6.07) is 0. The fourth-order valence-corrected chi connectivity index (χ4v) is 2.45. The number of likely N-dealkylation sites (tertiary alicyclic amines) is 1. The number of carboxylic acid groups (broad SMARTS) is 1. The molecule has 0 bridgehead atoms. The number of rotatable bonds is 5. The predicted molar refractivity (Wildman–Crippen MR) is 65.9 cm³/mol. The van der Waals surface area contributed by atoms with Gasteiger partial charge in [0.25, 0.3) is 0 Å². The van der Waals surface area contributed by atoms with Crippen LogP contribution in [0.25, 0.3) is 0 Å². The van der Waals surface area contributed by atoms with Crippen LogP contribution < -0.4 is 0 Å². The molecule has 0 radical (unpaired) electrons. The maximum absolute atomic E-state index is 11.8. The molecule has 1 rings (SSSR count). The van der Waals surface area contributed by atoms with Crippen LogP contribution >= 0.6 is 11.8 Å². The molecule has 0 aromatic carbocycles. The average molecular weight is 261 g/mol. The second kappa shape index (κ2) is 6.86. The van der Waals surface area contributed by atoms with Gasteiger partial charge in [0.05, 0.1) is 18.3 Å². The number of aliphatic hydroxyl groups is 1. The Morgan fingerprint density at radius 3 is 2.47 bits per heavy atom. The molecule has 17 heavy (non-hydrogen) atoms. The van der Waals surface area contributed by atoms with Gasteiger partial charge in [0.1, 0.15) is 0 Å². The third-order valence-corrected chi connectivity index (χ3v) is 4.08. The van der Waals surface area contributed by atoms with Crippen LogP contribution in [0.15, 0.2) is 0 Å². The topological polar surface area (TPSA) is 77.8 Å². The lowest BCUT2D eigenvalue weighted by atomic mass is 9.97. The molecule has 2 N–H and O–H groups in total. The van der Waals surface area contributed by atoms with Crippen LogP contribution in [0.4, 0.5) is 0 Å². The summed E-state index contributed by atoms with van der Waals surface area (Å²) in [5.41, 5.74) is 0. The smallest absolute Gasteiger partial charge is 0.306 e. The molecule has 6 heteroatoms. The molecule has 1 saturated heterocycles. The van der Waals surface area contributed by atoms with Crippen LogP contribution in [-0.2, 0) is 9.59 Å². The number of carbonyl (C=O) groups is 2. The molecule has 1 aliphatic heterocycles. The van der Waals surface area contributed by atoms with E-state index in [1.807, 2.05) is 6.92 Å². The molecule has 1 unspecified atom stereocenters. The van der Waals surface area contributed by atoms with Crippen molar-refractivity contribution in [3.8, 4) is 0 Å². The maximum Gasteiger partial charge on any atom is 0.306 e. The quantitative estimate of drug-likeness (QED) is 0.750. The van der Waals surface area contributed by atoms with Crippen molar-refractivity contribution in [2.75, 3.05) is 25.4 Å². The average Bonchev–Trinajstić information content (AvgIpc) is 2.35. The molecule has 0 saturated carbocycles. The molecule has 1 amide bonds. The molecular weight excluding hydrogens is 242 g/mol. The fraction of sp³-hybridized carbons (Fsp3) is 0.818. The van der Waals surface area contributed by atoms with Crippen molar-refractivity contribution in [3.63, 3.8) is 0 Å². The molecule has 0 spiro atoms. The van der Waals surface area contributed by atoms with Crippen molar-refractivity contribution >= 4 is 23.6 Å². The molecule has 1 aliphatic rings. The summed E-state index contributed by atoms with van der Waals surface area (Å²) in [5.74, 6) is -0.665. The van der Waals surface area contributed by atoms with Crippen molar-refractivity contribution in [2.45, 2.75) is 25.0 Å². The number of aliphatic carboxylic acids is 1. The molecular formula is C11H19NO4S. The number of hydrogen-bond donors (Lipinski definition) is 2. The van der Waals surface area contributed by atoms with Gasteiger partial charge in [0, 0.05) is 18.3 Å². The van der Waals surface area contributed by atoms with E-state index >= 15 is 0 Å². The summed E-state index contributed by atoms with van der Waals surface area (Å²) >= 11 is 1.43. The summed E-state index contributed by atoms with van der Waals surface area (Å²) in [4.78, 5) is 24.2. The van der Waals surface area contributed by atoms with E-state index in [2.05, 4.69) is 0 Å². The number of thioether (sulfide) groups is 1. The van der Waals surface area contributed by atoms with E-state index in [0.717, 1.165) is 0 Å². The number of carbonyl (C=O) groups excluding carboxylic acids is 1. The Labute approximate surface area is 105 Å². The van der Waals surface area contributed by atoms with Crippen LogP contribution in [0.2, 0.25) is 0 Å². The van der Waals surface area contributed by atoms with Gasteiger partial charge in [-0.15, -0.1) is 11.8 Å². The fourth-order valence-electron chi connectivity index (χ4n) is 1.73. The molecule has 1 heterocycles. The highest BCUT2D eigenvalue weighted by Crippen LogP contribution is 2.19. The SMILES string of the molecule is CC(CO)SCC(=O)N1CCC(C(=O)O)CC1. The predicted octanol–water partition coefficient (Wildman–Crippen LogP) is 0.424. The lowest BCUT2D eigenvalue weighted by Gasteiger charge is -2.30. The normalized spacial score (nSPS) is 19.1. The van der Waals surface area contributed by atoms with Gasteiger partial charge in [-0.05, 0) is 12.8 Å². The van der Waals surface area contributed by atoms with Gasteiger partial charge in [-0.2, -0.15) is 0 Å². The van der Waals surface area contributed by atoms with Crippen molar-refractivity contribution in [2.24, 2.45) is 5.92 Å². The third-order valence-electron chi connectivity index (χ3n) is 2.95. The van der Waals surface area contributed by atoms with E-state index in [1.54, 1.807) is 4.90 Å². The summed E-state index contributed by atoms with van der Waals surface area (Å²) < 4.78 is 0. The highest BCUT2D eigenvalue weighted by molar-refractivity contribution is 8.00. The minimum absolute atomic E-state index is 0.0409. The zero-order valence-electron chi connectivity index (χ0n) is 9.96. The van der Waals surface area contributed by atoms with Crippen molar-refractivity contribution in [1.29, 1.82) is 0 Å². The Hall–Kier alpha value is -0.750. The van der Waals surface area contributed by atoms with Crippen LogP contribution in [0.1, 0.15) is 19.8 Å². The standard InChI is InChI=1S/C11H19NO4S/c1-8(6-13)17-7-10(14)12-4-2-9(3-5-12)11(15)16/h8-9,13H,2-7H2,1H3,(H,15,16). The van der Waals surface area contributed by atoms with Crippen LogP contribution in [0.5, 0.6) is 0 Å². The zero-order chi connectivity index (χ0) is 12.8. The second-order valence-electron chi connectivity index (χ2n) is 4.30. The highest BCUT2D eigenvalue weighted by atomic mass is 32.2. The maximum atomic E-state index is 11.8. The van der Waals surface area contributed by atoms with Gasteiger partial charge in [0.15, 0.2) is 0 Å². The van der Waals surface area contributed by atoms with Gasteiger partial charge < -0.3 is 15.1 Å². The van der Waals surface area contributed by atoms with Gasteiger partial charge in [-0.3, -0.25) is 9.59 Å². The van der Waals surface area contributed by atoms with Gasteiger partial charge in [-0.1, -0.05) is 6.92 Å². The minimum Gasteiger partial charge on any atom is -0.481 e. The Bertz CT molecular complexity index is 277. The van der Waals surface area contributed by atoms with E-state index < -0.39 is 5.97 Å². The first kappa shape index (κ1) is 14.3. The molecule has 1 atom stereocenters. The largest absolute Gasteiger partial charge is 0.481 e. The lowest BCUT2D eigenvalue weighted by molar-refractivity contribution is -0.145. The zero-order valence-corrected chi connectivity index (χ0v) is 10.8. The summed E-state index contributed by atoms with van der Waals surface area (Å²) in [5, 5.41) is 17.7. The van der Waals surface area contributed by atoms with E-state index in [9.17, 15) is 9.59 Å². The number of amides is 1. The Balaban J connectivity index is 2.28. The number of piperidine rings is 1. The molecule has 5 nitrogen and oxygen atoms in total. The molecule has 98 valence electrons. The van der Waals surface area contributed by atoms with E-state index in [-0.39, 0.29) is 23.7 Å². The third kappa shape index (κ3) is 4.55. The summed E-state index contributed by atoms with van der Waals surface area (Å²) in [6.07, 6.45) is 1.09. The monoisotopic (exact) mass is 261 g/mol. The summed E-state index contributed by atoms with van der Waals surface area (Å²) in [7, 11) is 0. The molecule has 1 fully saturated rings. The van der Waals surface area contributed by atoms with Gasteiger partial charge in [-0.25, -0.2) is 0 Å². The van der Waals surface area contributed by atoms with Crippen LogP contribution in [0.3, 0.4) is 0 Å². The second-order valence-corrected chi connectivity index (χ2v) is 5.72. The summed E-state index contributed by atoms with van der Waals surface area (Å²) in [6.45, 7) is 3.00. The van der Waals surface area contributed by atoms with E-state index in [1.165, 1.54) is 11.8 Å². The Morgan fingerprint density at radius 2 is 2.00 bits per heavy atom. The van der Waals surface area contributed by atoms with Crippen LogP contribution in [-0.4, -0.2) is 57.7 Å².